The summed E-state index contributed by atoms with van der Waals surface area (Å²) >= 11 is 0. The van der Waals surface area contributed by atoms with Crippen molar-refractivity contribution < 1.29 is 13.5 Å². The Bertz CT molecular complexity index is 376. The summed E-state index contributed by atoms with van der Waals surface area (Å²) in [5.74, 6) is -0.825. The van der Waals surface area contributed by atoms with E-state index < -0.39 is 11.6 Å². The van der Waals surface area contributed by atoms with Gasteiger partial charge in [0.05, 0.1) is 7.11 Å². The third kappa shape index (κ3) is 2.32. The number of hydrogen-bond donors (Lipinski definition) is 1. The van der Waals surface area contributed by atoms with E-state index in [1.807, 2.05) is 0 Å². The predicted octanol–water partition coefficient (Wildman–Crippen LogP) is 2.27. The predicted molar refractivity (Wildman–Crippen MR) is 57.6 cm³/mol. The minimum absolute atomic E-state index is 0.272. The van der Waals surface area contributed by atoms with Crippen LogP contribution >= 0.6 is 0 Å². The van der Waals surface area contributed by atoms with Crippen molar-refractivity contribution in [1.29, 1.82) is 0 Å². The fourth-order valence-corrected chi connectivity index (χ4v) is 2.14. The second kappa shape index (κ2) is 4.78. The van der Waals surface area contributed by atoms with Crippen molar-refractivity contribution >= 4 is 0 Å². The molecule has 1 atom stereocenters. The van der Waals surface area contributed by atoms with Crippen molar-refractivity contribution in [3.63, 3.8) is 0 Å². The van der Waals surface area contributed by atoms with Gasteiger partial charge in [-0.3, -0.25) is 0 Å². The SMILES string of the molecule is COc1cc(F)cc(F)c1CC1CCCN1. The summed E-state index contributed by atoms with van der Waals surface area (Å²) in [6.07, 6.45) is 2.69. The molecule has 1 heterocycles. The van der Waals surface area contributed by atoms with Crippen LogP contribution in [0, 0.1) is 11.6 Å². The molecule has 16 heavy (non-hydrogen) atoms. The number of hydrogen-bond acceptors (Lipinski definition) is 2. The average molecular weight is 227 g/mol. The van der Waals surface area contributed by atoms with E-state index in [0.29, 0.717) is 17.7 Å². The summed E-state index contributed by atoms with van der Waals surface area (Å²) < 4.78 is 31.6. The molecule has 1 unspecified atom stereocenters. The minimum Gasteiger partial charge on any atom is -0.496 e. The molecule has 1 fully saturated rings. The Labute approximate surface area is 93.6 Å². The largest absolute Gasteiger partial charge is 0.496 e. The van der Waals surface area contributed by atoms with E-state index in [4.69, 9.17) is 4.74 Å². The van der Waals surface area contributed by atoms with E-state index in [-0.39, 0.29) is 6.04 Å². The molecule has 0 amide bonds. The highest BCUT2D eigenvalue weighted by atomic mass is 19.1. The molecule has 0 bridgehead atoms. The molecule has 1 aliphatic rings. The number of methoxy groups -OCH3 is 1. The lowest BCUT2D eigenvalue weighted by atomic mass is 10.0. The third-order valence-electron chi connectivity index (χ3n) is 2.95. The summed E-state index contributed by atoms with van der Waals surface area (Å²) in [5, 5.41) is 3.28. The first-order chi connectivity index (χ1) is 7.70. The second-order valence-corrected chi connectivity index (χ2v) is 4.07. The molecule has 2 rings (SSSR count). The smallest absolute Gasteiger partial charge is 0.133 e. The fourth-order valence-electron chi connectivity index (χ4n) is 2.14. The maximum absolute atomic E-state index is 13.6. The van der Waals surface area contributed by atoms with Crippen LogP contribution in [-0.2, 0) is 6.42 Å². The Kier molecular flexibility index (Phi) is 3.39. The lowest BCUT2D eigenvalue weighted by Crippen LogP contribution is -2.24. The highest BCUT2D eigenvalue weighted by molar-refractivity contribution is 5.36. The normalized spacial score (nSPS) is 20.1. The molecule has 1 aromatic rings. The Morgan fingerprint density at radius 1 is 1.44 bits per heavy atom. The molecule has 1 aliphatic heterocycles. The van der Waals surface area contributed by atoms with Gasteiger partial charge in [-0.2, -0.15) is 0 Å². The Morgan fingerprint density at radius 2 is 2.25 bits per heavy atom. The van der Waals surface area contributed by atoms with Gasteiger partial charge in [0.25, 0.3) is 0 Å². The highest BCUT2D eigenvalue weighted by Crippen LogP contribution is 2.26. The summed E-state index contributed by atoms with van der Waals surface area (Å²) in [6.45, 7) is 0.968. The van der Waals surface area contributed by atoms with Gasteiger partial charge in [0.2, 0.25) is 0 Å². The van der Waals surface area contributed by atoms with E-state index in [1.165, 1.54) is 13.2 Å². The summed E-state index contributed by atoms with van der Waals surface area (Å²) in [6, 6.07) is 2.41. The zero-order valence-corrected chi connectivity index (χ0v) is 9.22. The first-order valence-electron chi connectivity index (χ1n) is 5.46. The first-order valence-corrected chi connectivity index (χ1v) is 5.46. The van der Waals surface area contributed by atoms with Gasteiger partial charge in [-0.1, -0.05) is 0 Å². The van der Waals surface area contributed by atoms with E-state index >= 15 is 0 Å². The van der Waals surface area contributed by atoms with Crippen LogP contribution in [0.1, 0.15) is 18.4 Å². The maximum atomic E-state index is 13.6. The number of halogens is 2. The van der Waals surface area contributed by atoms with Gasteiger partial charge in [0.15, 0.2) is 0 Å². The van der Waals surface area contributed by atoms with Crippen LogP contribution in [0.5, 0.6) is 5.75 Å². The molecule has 0 aliphatic carbocycles. The molecule has 2 nitrogen and oxygen atoms in total. The maximum Gasteiger partial charge on any atom is 0.133 e. The van der Waals surface area contributed by atoms with Crippen molar-refractivity contribution in [2.45, 2.75) is 25.3 Å². The van der Waals surface area contributed by atoms with Crippen LogP contribution in [0.25, 0.3) is 0 Å². The van der Waals surface area contributed by atoms with E-state index in [2.05, 4.69) is 5.32 Å². The minimum atomic E-state index is -0.600. The van der Waals surface area contributed by atoms with Gasteiger partial charge in [0, 0.05) is 23.7 Å². The highest BCUT2D eigenvalue weighted by Gasteiger charge is 2.19. The molecular formula is C12H15F2NO. The zero-order valence-electron chi connectivity index (χ0n) is 9.22. The van der Waals surface area contributed by atoms with Crippen molar-refractivity contribution in [3.8, 4) is 5.75 Å². The lowest BCUT2D eigenvalue weighted by Gasteiger charge is -2.14. The summed E-state index contributed by atoms with van der Waals surface area (Å²) in [5.41, 5.74) is 0.461. The third-order valence-corrected chi connectivity index (χ3v) is 2.95. The second-order valence-electron chi connectivity index (χ2n) is 4.07. The van der Waals surface area contributed by atoms with Gasteiger partial charge >= 0.3 is 0 Å². The number of nitrogens with one attached hydrogen (secondary N) is 1. The van der Waals surface area contributed by atoms with Crippen LogP contribution in [0.3, 0.4) is 0 Å². The van der Waals surface area contributed by atoms with E-state index in [0.717, 1.165) is 25.5 Å². The molecule has 4 heteroatoms. The Morgan fingerprint density at radius 3 is 2.88 bits per heavy atom. The van der Waals surface area contributed by atoms with Crippen LogP contribution in [-0.4, -0.2) is 19.7 Å². The Hall–Kier alpha value is -1.16. The number of benzene rings is 1. The zero-order chi connectivity index (χ0) is 11.5. The molecule has 0 aromatic heterocycles. The van der Waals surface area contributed by atoms with Crippen molar-refractivity contribution in [3.05, 3.63) is 29.3 Å². The number of ether oxygens (including phenoxy) is 1. The first kappa shape index (κ1) is 11.3. The molecule has 0 saturated carbocycles. The summed E-state index contributed by atoms with van der Waals surface area (Å²) in [7, 11) is 1.43. The standard InChI is InChI=1S/C12H15F2NO/c1-16-12-6-8(13)5-11(14)10(12)7-9-3-2-4-15-9/h5-6,9,15H,2-4,7H2,1H3. The lowest BCUT2D eigenvalue weighted by molar-refractivity contribution is 0.396. The molecule has 88 valence electrons. The van der Waals surface area contributed by atoms with Gasteiger partial charge in [0.1, 0.15) is 17.4 Å². The molecular weight excluding hydrogens is 212 g/mol. The van der Waals surface area contributed by atoms with Crippen LogP contribution < -0.4 is 10.1 Å². The van der Waals surface area contributed by atoms with Gasteiger partial charge in [-0.05, 0) is 25.8 Å². The van der Waals surface area contributed by atoms with Crippen molar-refractivity contribution in [2.24, 2.45) is 0 Å². The Balaban J connectivity index is 2.23. The average Bonchev–Trinajstić information content (AvgIpc) is 2.74. The quantitative estimate of drug-likeness (QED) is 0.855. The molecule has 1 aromatic carbocycles. The van der Waals surface area contributed by atoms with Gasteiger partial charge in [-0.15, -0.1) is 0 Å². The van der Waals surface area contributed by atoms with Crippen molar-refractivity contribution in [2.75, 3.05) is 13.7 Å². The molecule has 0 spiro atoms. The van der Waals surface area contributed by atoms with Crippen LogP contribution in [0.15, 0.2) is 12.1 Å². The van der Waals surface area contributed by atoms with Crippen LogP contribution in [0.2, 0.25) is 0 Å². The van der Waals surface area contributed by atoms with Crippen molar-refractivity contribution in [1.82, 2.24) is 5.32 Å². The van der Waals surface area contributed by atoms with Crippen LogP contribution in [0.4, 0.5) is 8.78 Å². The van der Waals surface area contributed by atoms with E-state index in [1.54, 1.807) is 0 Å². The van der Waals surface area contributed by atoms with Gasteiger partial charge < -0.3 is 10.1 Å². The summed E-state index contributed by atoms with van der Waals surface area (Å²) in [4.78, 5) is 0. The molecule has 0 radical (unpaired) electrons. The molecule has 1 saturated heterocycles. The van der Waals surface area contributed by atoms with Gasteiger partial charge in [-0.25, -0.2) is 8.78 Å². The fraction of sp³-hybridized carbons (Fsp3) is 0.500. The topological polar surface area (TPSA) is 21.3 Å². The van der Waals surface area contributed by atoms with E-state index in [9.17, 15) is 8.78 Å². The molecule has 1 N–H and O–H groups in total. The number of rotatable bonds is 3. The monoisotopic (exact) mass is 227 g/mol.